The van der Waals surface area contributed by atoms with Crippen LogP contribution in [-0.4, -0.2) is 23.2 Å². The zero-order valence-corrected chi connectivity index (χ0v) is 25.5. The van der Waals surface area contributed by atoms with Crippen molar-refractivity contribution < 1.29 is 0 Å². The van der Waals surface area contributed by atoms with Crippen LogP contribution >= 0.6 is 0 Å². The van der Waals surface area contributed by atoms with Crippen LogP contribution in [0.1, 0.15) is 45.6 Å². The van der Waals surface area contributed by atoms with Gasteiger partial charge in [-0.1, -0.05) is 146 Å². The molecule has 2 aliphatic heterocycles. The predicted octanol–water partition coefficient (Wildman–Crippen LogP) is 8.82. The molecule has 2 unspecified atom stereocenters. The molecule has 5 nitrogen and oxygen atoms in total. The molecular weight excluding hydrogens is 574 g/mol. The average molecular weight is 604 g/mol. The van der Waals surface area contributed by atoms with Crippen LogP contribution in [-0.2, 0) is 0 Å². The lowest BCUT2D eigenvalue weighted by atomic mass is 9.82. The summed E-state index contributed by atoms with van der Waals surface area (Å²) in [6.07, 6.45) is -0.296. The zero-order valence-electron chi connectivity index (χ0n) is 25.5. The van der Waals surface area contributed by atoms with Crippen LogP contribution in [0.3, 0.4) is 0 Å². The average Bonchev–Trinajstić information content (AvgIpc) is 3.62. The molecule has 0 saturated heterocycles. The van der Waals surface area contributed by atoms with E-state index < -0.39 is 0 Å². The Morgan fingerprint density at radius 3 is 1.83 bits per heavy atom. The second-order valence-electron chi connectivity index (χ2n) is 11.9. The van der Waals surface area contributed by atoms with E-state index >= 15 is 0 Å². The number of aliphatic imine (C=N–C) groups is 4. The van der Waals surface area contributed by atoms with Gasteiger partial charge in [-0.15, -0.1) is 0 Å². The molecule has 2 heterocycles. The molecule has 222 valence electrons. The summed E-state index contributed by atoms with van der Waals surface area (Å²) in [6, 6.07) is 54.5. The van der Waals surface area contributed by atoms with Crippen LogP contribution in [0, 0.1) is 0 Å². The Bertz CT molecular complexity index is 2280. The van der Waals surface area contributed by atoms with Crippen molar-refractivity contribution in [1.82, 2.24) is 5.32 Å². The van der Waals surface area contributed by atoms with E-state index in [0.717, 1.165) is 56.3 Å². The Hall–Kier alpha value is -6.20. The summed E-state index contributed by atoms with van der Waals surface area (Å²) in [5, 5.41) is 3.59. The van der Waals surface area contributed by atoms with Gasteiger partial charge in [0.2, 0.25) is 0 Å². The number of amidine groups is 3. The molecule has 0 aromatic heterocycles. The molecule has 3 aliphatic rings. The number of nitrogens with zero attached hydrogens (tertiary/aromatic N) is 4. The second kappa shape index (κ2) is 11.3. The molecule has 0 saturated carbocycles. The van der Waals surface area contributed by atoms with Gasteiger partial charge in [0, 0.05) is 22.3 Å². The molecule has 1 aliphatic carbocycles. The second-order valence-corrected chi connectivity index (χ2v) is 11.9. The van der Waals surface area contributed by atoms with Gasteiger partial charge in [0.1, 0.15) is 18.0 Å². The molecule has 0 amide bonds. The Balaban J connectivity index is 1.07. The van der Waals surface area contributed by atoms with Crippen LogP contribution in [0.4, 0.5) is 0 Å². The maximum absolute atomic E-state index is 5.19. The van der Waals surface area contributed by atoms with E-state index in [1.807, 2.05) is 36.4 Å². The Morgan fingerprint density at radius 1 is 0.426 bits per heavy atom. The molecule has 5 heteroatoms. The molecule has 0 spiro atoms. The van der Waals surface area contributed by atoms with E-state index in [1.165, 1.54) is 16.7 Å². The Labute approximate surface area is 273 Å². The summed E-state index contributed by atoms with van der Waals surface area (Å²) in [7, 11) is 0. The molecule has 0 bridgehead atoms. The fraction of sp³-hybridized carbons (Fsp3) is 0.0476. The SMILES string of the molecule is c1ccc(C2=NC(c3cccc(-c4cccc(C5=NC6C(=N5)c5ccccc5-c5ccccc56)c4)c3)NC(c3ccccc3)=N2)cc1. The third-order valence-electron chi connectivity index (χ3n) is 8.96. The summed E-state index contributed by atoms with van der Waals surface area (Å²) in [4.78, 5) is 20.3. The smallest absolute Gasteiger partial charge is 0.159 e. The zero-order chi connectivity index (χ0) is 31.2. The minimum Gasteiger partial charge on any atom is -0.344 e. The van der Waals surface area contributed by atoms with Crippen molar-refractivity contribution in [2.75, 3.05) is 0 Å². The lowest BCUT2D eigenvalue weighted by Crippen LogP contribution is -2.33. The number of fused-ring (bicyclic) bond motifs is 6. The van der Waals surface area contributed by atoms with Gasteiger partial charge in [-0.3, -0.25) is 4.99 Å². The number of nitrogens with one attached hydrogen (secondary N) is 1. The lowest BCUT2D eigenvalue weighted by molar-refractivity contribution is 0.674. The standard InChI is InChI=1S/C42H29N5/c1-3-13-27(14-4-1)39-45-40(28-15-5-2-6-16-28)47-42(46-39)32-20-12-18-30(26-32)29-17-11-19-31(25-29)41-43-37-35-23-9-7-21-33(35)34-22-8-10-24-36(34)38(37)44-41/h1-26,37,42H,(H,45,46,47). The first-order valence-corrected chi connectivity index (χ1v) is 15.9. The van der Waals surface area contributed by atoms with Gasteiger partial charge in [-0.25, -0.2) is 15.0 Å². The molecule has 2 atom stereocenters. The first kappa shape index (κ1) is 27.1. The van der Waals surface area contributed by atoms with Crippen molar-refractivity contribution >= 4 is 23.2 Å². The largest absolute Gasteiger partial charge is 0.344 e. The van der Waals surface area contributed by atoms with Gasteiger partial charge in [-0.05, 0) is 45.5 Å². The van der Waals surface area contributed by atoms with E-state index in [4.69, 9.17) is 20.0 Å². The van der Waals surface area contributed by atoms with E-state index in [1.54, 1.807) is 0 Å². The highest BCUT2D eigenvalue weighted by molar-refractivity contribution is 6.23. The number of hydrogen-bond donors (Lipinski definition) is 1. The number of benzene rings is 6. The first-order valence-electron chi connectivity index (χ1n) is 15.9. The van der Waals surface area contributed by atoms with Crippen LogP contribution in [0.15, 0.2) is 178 Å². The molecule has 0 fully saturated rings. The van der Waals surface area contributed by atoms with Crippen LogP contribution in [0.2, 0.25) is 0 Å². The summed E-state index contributed by atoms with van der Waals surface area (Å²) < 4.78 is 0. The molecule has 6 aromatic carbocycles. The minimum absolute atomic E-state index is 0.0994. The highest BCUT2D eigenvalue weighted by Gasteiger charge is 2.34. The van der Waals surface area contributed by atoms with Crippen molar-refractivity contribution in [3.05, 3.63) is 191 Å². The minimum atomic E-state index is -0.296. The predicted molar refractivity (Wildman–Crippen MR) is 191 cm³/mol. The van der Waals surface area contributed by atoms with Crippen molar-refractivity contribution in [3.8, 4) is 22.3 Å². The first-order chi connectivity index (χ1) is 23.3. The fourth-order valence-corrected chi connectivity index (χ4v) is 6.68. The summed E-state index contributed by atoms with van der Waals surface area (Å²) in [5.74, 6) is 2.28. The van der Waals surface area contributed by atoms with Gasteiger partial charge in [0.25, 0.3) is 0 Å². The molecular formula is C42H29N5. The van der Waals surface area contributed by atoms with Crippen molar-refractivity contribution in [2.45, 2.75) is 12.2 Å². The highest BCUT2D eigenvalue weighted by atomic mass is 15.2. The molecule has 1 N–H and O–H groups in total. The van der Waals surface area contributed by atoms with E-state index in [0.29, 0.717) is 5.84 Å². The van der Waals surface area contributed by atoms with Crippen molar-refractivity contribution in [1.29, 1.82) is 0 Å². The Morgan fingerprint density at radius 2 is 1.02 bits per heavy atom. The van der Waals surface area contributed by atoms with Crippen LogP contribution < -0.4 is 5.32 Å². The van der Waals surface area contributed by atoms with Gasteiger partial charge in [0.05, 0.1) is 5.71 Å². The third-order valence-corrected chi connectivity index (χ3v) is 8.96. The summed E-state index contributed by atoms with van der Waals surface area (Å²) >= 11 is 0. The highest BCUT2D eigenvalue weighted by Crippen LogP contribution is 2.43. The maximum Gasteiger partial charge on any atom is 0.159 e. The quantitative estimate of drug-likeness (QED) is 0.210. The van der Waals surface area contributed by atoms with Gasteiger partial charge in [-0.2, -0.15) is 0 Å². The van der Waals surface area contributed by atoms with E-state index in [2.05, 4.69) is 127 Å². The topological polar surface area (TPSA) is 61.5 Å². The summed E-state index contributed by atoms with van der Waals surface area (Å²) in [5.41, 5.74) is 12.1. The maximum atomic E-state index is 5.19. The Kier molecular flexibility index (Phi) is 6.53. The van der Waals surface area contributed by atoms with Crippen LogP contribution in [0.25, 0.3) is 22.3 Å². The molecule has 6 aromatic rings. The fourth-order valence-electron chi connectivity index (χ4n) is 6.68. The van der Waals surface area contributed by atoms with Gasteiger partial charge in [0.15, 0.2) is 11.7 Å². The van der Waals surface area contributed by atoms with Crippen molar-refractivity contribution in [2.24, 2.45) is 20.0 Å². The number of rotatable bonds is 5. The van der Waals surface area contributed by atoms with Gasteiger partial charge < -0.3 is 5.32 Å². The normalized spacial score (nSPS) is 17.6. The van der Waals surface area contributed by atoms with Crippen LogP contribution in [0.5, 0.6) is 0 Å². The molecule has 0 radical (unpaired) electrons. The summed E-state index contributed by atoms with van der Waals surface area (Å²) in [6.45, 7) is 0. The van der Waals surface area contributed by atoms with Crippen molar-refractivity contribution in [3.63, 3.8) is 0 Å². The van der Waals surface area contributed by atoms with Gasteiger partial charge >= 0.3 is 0 Å². The van der Waals surface area contributed by atoms with E-state index in [9.17, 15) is 0 Å². The number of hydrogen-bond acceptors (Lipinski definition) is 5. The monoisotopic (exact) mass is 603 g/mol. The third kappa shape index (κ3) is 4.89. The lowest BCUT2D eigenvalue weighted by Gasteiger charge is -2.24. The van der Waals surface area contributed by atoms with E-state index in [-0.39, 0.29) is 12.2 Å². The molecule has 47 heavy (non-hydrogen) atoms. The molecule has 9 rings (SSSR count).